The number of aliphatic hydroxyl groups is 1. The van der Waals surface area contributed by atoms with Gasteiger partial charge in [-0.25, -0.2) is 8.78 Å². The Morgan fingerprint density at radius 3 is 1.92 bits per heavy atom. The van der Waals surface area contributed by atoms with Crippen LogP contribution in [0.2, 0.25) is 0 Å². The zero-order valence-corrected chi connectivity index (χ0v) is 5.91. The maximum atomic E-state index is 12.1. The molecule has 0 aromatic heterocycles. The molecule has 6 heteroatoms. The van der Waals surface area contributed by atoms with Gasteiger partial charge >= 0.3 is 6.18 Å². The Hall–Kier alpha value is -0.390. The summed E-state index contributed by atoms with van der Waals surface area (Å²) in [5.74, 6) is -4.35. The molecule has 0 saturated heterocycles. The second-order valence-corrected chi connectivity index (χ2v) is 3.01. The van der Waals surface area contributed by atoms with Gasteiger partial charge < -0.3 is 5.11 Å². The molecule has 12 heavy (non-hydrogen) atoms. The van der Waals surface area contributed by atoms with Crippen molar-refractivity contribution >= 4 is 0 Å². The van der Waals surface area contributed by atoms with Gasteiger partial charge in [0.1, 0.15) is 0 Å². The molecule has 1 fully saturated rings. The summed E-state index contributed by atoms with van der Waals surface area (Å²) in [5.41, 5.74) is 0. The number of halogens is 5. The Morgan fingerprint density at radius 2 is 1.67 bits per heavy atom. The number of alkyl halides is 5. The SMILES string of the molecule is OC(C1CC(F)(F)C1)C(F)(F)F. The maximum Gasteiger partial charge on any atom is 0.414 e. The molecular formula is C6H7F5O. The zero-order valence-electron chi connectivity index (χ0n) is 5.91. The van der Waals surface area contributed by atoms with E-state index in [1.54, 1.807) is 0 Å². The van der Waals surface area contributed by atoms with Gasteiger partial charge in [-0.15, -0.1) is 0 Å². The lowest BCUT2D eigenvalue weighted by Crippen LogP contribution is -2.47. The van der Waals surface area contributed by atoms with Crippen molar-refractivity contribution in [3.8, 4) is 0 Å². The van der Waals surface area contributed by atoms with Crippen LogP contribution in [0.25, 0.3) is 0 Å². The summed E-state index contributed by atoms with van der Waals surface area (Å²) < 4.78 is 59.1. The number of hydrogen-bond acceptors (Lipinski definition) is 1. The van der Waals surface area contributed by atoms with Crippen molar-refractivity contribution in [2.75, 3.05) is 0 Å². The van der Waals surface area contributed by atoms with Crippen molar-refractivity contribution in [1.29, 1.82) is 0 Å². The molecule has 1 N–H and O–H groups in total. The third-order valence-electron chi connectivity index (χ3n) is 1.90. The molecule has 1 rings (SSSR count). The molecule has 1 saturated carbocycles. The van der Waals surface area contributed by atoms with Crippen molar-refractivity contribution in [2.24, 2.45) is 5.92 Å². The molecule has 1 aliphatic rings. The van der Waals surface area contributed by atoms with E-state index in [4.69, 9.17) is 5.11 Å². The van der Waals surface area contributed by atoms with Crippen LogP contribution < -0.4 is 0 Å². The number of hydrogen-bond donors (Lipinski definition) is 1. The van der Waals surface area contributed by atoms with E-state index in [1.165, 1.54) is 0 Å². The van der Waals surface area contributed by atoms with Crippen molar-refractivity contribution < 1.29 is 27.1 Å². The first-order chi connectivity index (χ1) is 5.22. The van der Waals surface area contributed by atoms with E-state index in [2.05, 4.69) is 0 Å². The van der Waals surface area contributed by atoms with E-state index in [-0.39, 0.29) is 0 Å². The molecule has 72 valence electrons. The average Bonchev–Trinajstić information content (AvgIpc) is 1.78. The van der Waals surface area contributed by atoms with Crippen molar-refractivity contribution in [3.63, 3.8) is 0 Å². The largest absolute Gasteiger partial charge is 0.414 e. The van der Waals surface area contributed by atoms with Crippen LogP contribution in [-0.2, 0) is 0 Å². The first-order valence-corrected chi connectivity index (χ1v) is 3.35. The third kappa shape index (κ3) is 1.85. The Labute approximate surface area is 65.2 Å². The molecule has 1 aliphatic carbocycles. The highest BCUT2D eigenvalue weighted by molar-refractivity contribution is 4.92. The topological polar surface area (TPSA) is 20.2 Å². The molecule has 0 aromatic rings. The van der Waals surface area contributed by atoms with E-state index in [0.717, 1.165) is 0 Å². The fourth-order valence-corrected chi connectivity index (χ4v) is 1.20. The van der Waals surface area contributed by atoms with E-state index < -0.39 is 37.0 Å². The van der Waals surface area contributed by atoms with Gasteiger partial charge in [-0.2, -0.15) is 13.2 Å². The molecule has 1 unspecified atom stereocenters. The quantitative estimate of drug-likeness (QED) is 0.626. The fourth-order valence-electron chi connectivity index (χ4n) is 1.20. The van der Waals surface area contributed by atoms with E-state index >= 15 is 0 Å². The highest BCUT2D eigenvalue weighted by Crippen LogP contribution is 2.47. The van der Waals surface area contributed by atoms with Gasteiger partial charge in [0.15, 0.2) is 6.10 Å². The normalized spacial score (nSPS) is 26.5. The average molecular weight is 190 g/mol. The van der Waals surface area contributed by atoms with Crippen LogP contribution in [0, 0.1) is 5.92 Å². The molecule has 0 aliphatic heterocycles. The first kappa shape index (κ1) is 9.70. The number of rotatable bonds is 1. The highest BCUT2D eigenvalue weighted by Gasteiger charge is 2.55. The highest BCUT2D eigenvalue weighted by atomic mass is 19.4. The zero-order chi connectivity index (χ0) is 9.57. The van der Waals surface area contributed by atoms with Crippen LogP contribution in [0.3, 0.4) is 0 Å². The molecule has 0 radical (unpaired) electrons. The van der Waals surface area contributed by atoms with Gasteiger partial charge in [0, 0.05) is 18.8 Å². The van der Waals surface area contributed by atoms with Crippen LogP contribution in [-0.4, -0.2) is 23.3 Å². The predicted octanol–water partition coefficient (Wildman–Crippen LogP) is 1.95. The lowest BCUT2D eigenvalue weighted by molar-refractivity contribution is -0.251. The molecule has 0 spiro atoms. The van der Waals surface area contributed by atoms with Crippen LogP contribution >= 0.6 is 0 Å². The van der Waals surface area contributed by atoms with Gasteiger partial charge in [-0.3, -0.25) is 0 Å². The standard InChI is InChI=1S/C6H7F5O/c7-5(8)1-3(2-5)4(12)6(9,10)11/h3-4,12H,1-2H2. The second-order valence-electron chi connectivity index (χ2n) is 3.01. The van der Waals surface area contributed by atoms with Crippen LogP contribution in [0.1, 0.15) is 12.8 Å². The van der Waals surface area contributed by atoms with Crippen LogP contribution in [0.4, 0.5) is 22.0 Å². The molecule has 0 amide bonds. The summed E-state index contributed by atoms with van der Waals surface area (Å²) in [6, 6.07) is 0. The van der Waals surface area contributed by atoms with Crippen LogP contribution in [0.5, 0.6) is 0 Å². The van der Waals surface area contributed by atoms with Crippen molar-refractivity contribution in [2.45, 2.75) is 31.0 Å². The molecule has 0 aromatic carbocycles. The summed E-state index contributed by atoms with van der Waals surface area (Å²) in [6.45, 7) is 0. The monoisotopic (exact) mass is 190 g/mol. The summed E-state index contributed by atoms with van der Waals surface area (Å²) in [7, 11) is 0. The minimum Gasteiger partial charge on any atom is -0.383 e. The summed E-state index contributed by atoms with van der Waals surface area (Å²) in [5, 5.41) is 8.48. The Kier molecular flexibility index (Phi) is 2.06. The maximum absolute atomic E-state index is 12.1. The predicted molar refractivity (Wildman–Crippen MR) is 29.7 cm³/mol. The van der Waals surface area contributed by atoms with Gasteiger partial charge in [0.05, 0.1) is 0 Å². The Balaban J connectivity index is 2.43. The van der Waals surface area contributed by atoms with Gasteiger partial charge in [0.25, 0.3) is 0 Å². The summed E-state index contributed by atoms with van der Waals surface area (Å²) >= 11 is 0. The molecule has 1 nitrogen and oxygen atoms in total. The Bertz CT molecular complexity index is 167. The van der Waals surface area contributed by atoms with E-state index in [1.807, 2.05) is 0 Å². The number of aliphatic hydroxyl groups excluding tert-OH is 1. The van der Waals surface area contributed by atoms with Gasteiger partial charge in [-0.1, -0.05) is 0 Å². The Morgan fingerprint density at radius 1 is 1.25 bits per heavy atom. The lowest BCUT2D eigenvalue weighted by Gasteiger charge is -2.38. The van der Waals surface area contributed by atoms with Gasteiger partial charge in [-0.05, 0) is 0 Å². The third-order valence-corrected chi connectivity index (χ3v) is 1.90. The first-order valence-electron chi connectivity index (χ1n) is 3.35. The smallest absolute Gasteiger partial charge is 0.383 e. The minimum atomic E-state index is -4.78. The molecule has 0 bridgehead atoms. The summed E-state index contributed by atoms with van der Waals surface area (Å²) in [6.07, 6.45) is -9.11. The lowest BCUT2D eigenvalue weighted by atomic mass is 9.77. The van der Waals surface area contributed by atoms with Crippen LogP contribution in [0.15, 0.2) is 0 Å². The molecule has 0 heterocycles. The minimum absolute atomic E-state index is 0.867. The summed E-state index contributed by atoms with van der Waals surface area (Å²) in [4.78, 5) is 0. The van der Waals surface area contributed by atoms with Crippen molar-refractivity contribution in [1.82, 2.24) is 0 Å². The molecular weight excluding hydrogens is 183 g/mol. The fraction of sp³-hybridized carbons (Fsp3) is 1.00. The van der Waals surface area contributed by atoms with Gasteiger partial charge in [0.2, 0.25) is 5.92 Å². The second kappa shape index (κ2) is 2.55. The molecule has 1 atom stereocenters. The van der Waals surface area contributed by atoms with Crippen molar-refractivity contribution in [3.05, 3.63) is 0 Å². The van der Waals surface area contributed by atoms with E-state index in [0.29, 0.717) is 0 Å². The van der Waals surface area contributed by atoms with E-state index in [9.17, 15) is 22.0 Å².